The van der Waals surface area contributed by atoms with Crippen LogP contribution in [0.15, 0.2) is 0 Å². The Hall–Kier alpha value is -0.650. The molecule has 3 heterocycles. The van der Waals surface area contributed by atoms with E-state index < -0.39 is 5.97 Å². The minimum Gasteiger partial charge on any atom is -0.481 e. The number of hydrogen-bond donors (Lipinski definition) is 1. The quantitative estimate of drug-likeness (QED) is 0.853. The lowest BCUT2D eigenvalue weighted by Gasteiger charge is -2.46. The highest BCUT2D eigenvalue weighted by Gasteiger charge is 2.43. The first-order valence-corrected chi connectivity index (χ1v) is 7.88. The highest BCUT2D eigenvalue weighted by atomic mass is 16.5. The van der Waals surface area contributed by atoms with Crippen LogP contribution in [-0.2, 0) is 14.3 Å². The third-order valence-electron chi connectivity index (χ3n) is 5.17. The van der Waals surface area contributed by atoms with Crippen LogP contribution < -0.4 is 0 Å². The molecule has 1 N–H and O–H groups in total. The predicted molar refractivity (Wildman–Crippen MR) is 73.7 cm³/mol. The molecule has 5 nitrogen and oxygen atoms in total. The van der Waals surface area contributed by atoms with Crippen LogP contribution in [0.3, 0.4) is 0 Å². The highest BCUT2D eigenvalue weighted by Crippen LogP contribution is 2.38. The number of hydrogen-bond acceptors (Lipinski definition) is 4. The van der Waals surface area contributed by atoms with E-state index in [0.29, 0.717) is 6.04 Å². The maximum atomic E-state index is 11.0. The Labute approximate surface area is 120 Å². The van der Waals surface area contributed by atoms with E-state index in [4.69, 9.17) is 14.6 Å². The molecular formula is C15H25NO4. The molecule has 0 aliphatic carbocycles. The van der Waals surface area contributed by atoms with Gasteiger partial charge in [0.1, 0.15) is 0 Å². The standard InChI is InChI=1S/C15H25NO4/c17-14(18)10-12-2-1-6-16(12)13-3-7-20-15(11-13)4-8-19-9-5-15/h12-13H,1-11H2,(H,17,18). The largest absolute Gasteiger partial charge is 0.481 e. The Balaban J connectivity index is 1.65. The van der Waals surface area contributed by atoms with Crippen molar-refractivity contribution in [2.24, 2.45) is 0 Å². The van der Waals surface area contributed by atoms with Crippen LogP contribution in [0.2, 0.25) is 0 Å². The van der Waals surface area contributed by atoms with Gasteiger partial charge >= 0.3 is 5.97 Å². The lowest BCUT2D eigenvalue weighted by Crippen LogP contribution is -2.52. The number of aliphatic carboxylic acids is 1. The van der Waals surface area contributed by atoms with Crippen molar-refractivity contribution in [2.45, 2.75) is 62.6 Å². The summed E-state index contributed by atoms with van der Waals surface area (Å²) >= 11 is 0. The van der Waals surface area contributed by atoms with Crippen molar-refractivity contribution in [3.8, 4) is 0 Å². The Bertz CT molecular complexity index is 348. The number of nitrogens with zero attached hydrogens (tertiary/aromatic N) is 1. The lowest BCUT2D eigenvalue weighted by molar-refractivity contribution is -0.153. The SMILES string of the molecule is O=C(O)CC1CCCN1C1CCOC2(CCOCC2)C1. The van der Waals surface area contributed by atoms with Crippen molar-refractivity contribution < 1.29 is 19.4 Å². The van der Waals surface area contributed by atoms with Gasteiger partial charge in [0.2, 0.25) is 0 Å². The summed E-state index contributed by atoms with van der Waals surface area (Å²) in [4.78, 5) is 13.5. The molecule has 0 aromatic carbocycles. The summed E-state index contributed by atoms with van der Waals surface area (Å²) in [6, 6.07) is 0.723. The molecule has 2 unspecified atom stereocenters. The lowest BCUT2D eigenvalue weighted by atomic mass is 9.83. The van der Waals surface area contributed by atoms with Crippen molar-refractivity contribution in [3.05, 3.63) is 0 Å². The average Bonchev–Trinajstić information content (AvgIpc) is 2.87. The van der Waals surface area contributed by atoms with Crippen LogP contribution in [0, 0.1) is 0 Å². The summed E-state index contributed by atoms with van der Waals surface area (Å²) in [7, 11) is 0. The summed E-state index contributed by atoms with van der Waals surface area (Å²) in [5, 5.41) is 9.06. The van der Waals surface area contributed by atoms with Crippen molar-refractivity contribution in [1.82, 2.24) is 4.90 Å². The molecule has 3 fully saturated rings. The number of likely N-dealkylation sites (tertiary alicyclic amines) is 1. The maximum absolute atomic E-state index is 11.0. The molecule has 3 saturated heterocycles. The van der Waals surface area contributed by atoms with Crippen LogP contribution in [-0.4, -0.2) is 60.0 Å². The molecule has 0 radical (unpaired) electrons. The van der Waals surface area contributed by atoms with Crippen molar-refractivity contribution in [3.63, 3.8) is 0 Å². The van der Waals surface area contributed by atoms with Gasteiger partial charge in [-0.1, -0.05) is 0 Å². The van der Waals surface area contributed by atoms with Crippen LogP contribution in [0.25, 0.3) is 0 Å². The van der Waals surface area contributed by atoms with Gasteiger partial charge in [-0.2, -0.15) is 0 Å². The highest BCUT2D eigenvalue weighted by molar-refractivity contribution is 5.67. The van der Waals surface area contributed by atoms with E-state index in [2.05, 4.69) is 4.90 Å². The van der Waals surface area contributed by atoms with E-state index in [1.165, 1.54) is 0 Å². The zero-order valence-electron chi connectivity index (χ0n) is 12.1. The smallest absolute Gasteiger partial charge is 0.304 e. The van der Waals surface area contributed by atoms with Gasteiger partial charge in [0.15, 0.2) is 0 Å². The molecule has 0 bridgehead atoms. The fourth-order valence-electron chi connectivity index (χ4n) is 4.14. The van der Waals surface area contributed by atoms with E-state index >= 15 is 0 Å². The third-order valence-corrected chi connectivity index (χ3v) is 5.17. The zero-order chi connectivity index (χ0) is 14.0. The van der Waals surface area contributed by atoms with Gasteiger partial charge in [-0.25, -0.2) is 0 Å². The minimum atomic E-state index is -0.672. The number of carboxylic acid groups (broad SMARTS) is 1. The average molecular weight is 283 g/mol. The topological polar surface area (TPSA) is 59.0 Å². The summed E-state index contributed by atoms with van der Waals surface area (Å²) in [6.45, 7) is 3.45. The molecule has 0 saturated carbocycles. The predicted octanol–water partition coefficient (Wildman–Crippen LogP) is 1.65. The normalized spacial score (nSPS) is 34.4. The van der Waals surface area contributed by atoms with E-state index in [1.54, 1.807) is 0 Å². The van der Waals surface area contributed by atoms with Crippen molar-refractivity contribution in [2.75, 3.05) is 26.4 Å². The minimum absolute atomic E-state index is 0.00245. The van der Waals surface area contributed by atoms with Gasteiger partial charge in [-0.15, -0.1) is 0 Å². The Morgan fingerprint density at radius 1 is 1.25 bits per heavy atom. The Morgan fingerprint density at radius 3 is 2.80 bits per heavy atom. The van der Waals surface area contributed by atoms with Gasteiger partial charge < -0.3 is 14.6 Å². The number of ether oxygens (including phenoxy) is 2. The molecule has 2 atom stereocenters. The third kappa shape index (κ3) is 3.00. The summed E-state index contributed by atoms with van der Waals surface area (Å²) in [5.74, 6) is -0.672. The van der Waals surface area contributed by atoms with E-state index in [-0.39, 0.29) is 18.1 Å². The number of carbonyl (C=O) groups is 1. The maximum Gasteiger partial charge on any atom is 0.304 e. The van der Waals surface area contributed by atoms with Crippen LogP contribution in [0.5, 0.6) is 0 Å². The van der Waals surface area contributed by atoms with Crippen LogP contribution in [0.4, 0.5) is 0 Å². The molecule has 0 amide bonds. The Morgan fingerprint density at radius 2 is 2.05 bits per heavy atom. The fraction of sp³-hybridized carbons (Fsp3) is 0.933. The monoisotopic (exact) mass is 283 g/mol. The second kappa shape index (κ2) is 6.00. The molecule has 20 heavy (non-hydrogen) atoms. The molecule has 3 rings (SSSR count). The fourth-order valence-corrected chi connectivity index (χ4v) is 4.14. The number of carboxylic acids is 1. The molecule has 3 aliphatic heterocycles. The molecule has 1 spiro atoms. The summed E-state index contributed by atoms with van der Waals surface area (Å²) < 4.78 is 11.5. The summed E-state index contributed by atoms with van der Waals surface area (Å²) in [6.07, 6.45) is 6.51. The van der Waals surface area contributed by atoms with Crippen molar-refractivity contribution >= 4 is 5.97 Å². The molecule has 0 aromatic rings. The first kappa shape index (κ1) is 14.3. The van der Waals surface area contributed by atoms with Crippen LogP contribution in [0.1, 0.15) is 44.9 Å². The molecule has 5 heteroatoms. The summed E-state index contributed by atoms with van der Waals surface area (Å²) in [5.41, 5.74) is -0.00245. The second-order valence-electron chi connectivity index (χ2n) is 6.42. The first-order chi connectivity index (χ1) is 9.69. The zero-order valence-corrected chi connectivity index (χ0v) is 12.1. The first-order valence-electron chi connectivity index (χ1n) is 7.88. The second-order valence-corrected chi connectivity index (χ2v) is 6.42. The van der Waals surface area contributed by atoms with E-state index in [0.717, 1.165) is 64.9 Å². The van der Waals surface area contributed by atoms with Gasteiger partial charge in [0.05, 0.1) is 12.0 Å². The van der Waals surface area contributed by atoms with Crippen molar-refractivity contribution in [1.29, 1.82) is 0 Å². The van der Waals surface area contributed by atoms with Gasteiger partial charge in [-0.3, -0.25) is 9.69 Å². The number of rotatable bonds is 3. The Kier molecular flexibility index (Phi) is 4.29. The van der Waals surface area contributed by atoms with Gasteiger partial charge in [-0.05, 0) is 45.1 Å². The molecule has 3 aliphatic rings. The van der Waals surface area contributed by atoms with Gasteiger partial charge in [0.25, 0.3) is 0 Å². The van der Waals surface area contributed by atoms with Crippen LogP contribution >= 0.6 is 0 Å². The van der Waals surface area contributed by atoms with E-state index in [9.17, 15) is 4.79 Å². The van der Waals surface area contributed by atoms with E-state index in [1.807, 2.05) is 0 Å². The molecule has 114 valence electrons. The molecular weight excluding hydrogens is 258 g/mol. The van der Waals surface area contributed by atoms with Gasteiger partial charge in [0, 0.05) is 31.9 Å². The molecule has 0 aromatic heterocycles.